The van der Waals surface area contributed by atoms with Crippen molar-refractivity contribution in [1.29, 1.82) is 0 Å². The maximum Gasteiger partial charge on any atom is 0.336 e. The number of hydrogen-bond donors (Lipinski definition) is 0. The fourth-order valence-electron chi connectivity index (χ4n) is 1.37. The zero-order valence-corrected chi connectivity index (χ0v) is 12.8. The van der Waals surface area contributed by atoms with Gasteiger partial charge >= 0.3 is 11.9 Å². The molecule has 0 aromatic rings. The van der Waals surface area contributed by atoms with Crippen molar-refractivity contribution in [3.8, 4) is 0 Å². The van der Waals surface area contributed by atoms with Gasteiger partial charge in [-0.25, -0.2) is 4.79 Å². The summed E-state index contributed by atoms with van der Waals surface area (Å²) >= 11 is 0. The van der Waals surface area contributed by atoms with Crippen LogP contribution in [0.3, 0.4) is 0 Å². The van der Waals surface area contributed by atoms with Crippen molar-refractivity contribution >= 4 is 21.2 Å². The van der Waals surface area contributed by atoms with Crippen LogP contribution in [0.1, 0.15) is 27.2 Å². The fourth-order valence-corrected chi connectivity index (χ4v) is 1.88. The average molecular weight is 274 g/mol. The SMILES string of the molecule is C=CC(=O)OC(CC(=[SiH2])OCC)(OCC)OCC. The van der Waals surface area contributed by atoms with E-state index in [0.29, 0.717) is 25.2 Å². The number of hydrogen-bond acceptors (Lipinski definition) is 5. The summed E-state index contributed by atoms with van der Waals surface area (Å²) in [4.78, 5) is 11.4. The van der Waals surface area contributed by atoms with Crippen molar-refractivity contribution in [1.82, 2.24) is 0 Å². The number of ether oxygens (including phenoxy) is 4. The van der Waals surface area contributed by atoms with Gasteiger partial charge in [0.05, 0.1) is 31.6 Å². The van der Waals surface area contributed by atoms with E-state index in [0.717, 1.165) is 6.08 Å². The maximum absolute atomic E-state index is 11.4. The molecule has 0 aliphatic rings. The largest absolute Gasteiger partial charge is 0.504 e. The quantitative estimate of drug-likeness (QED) is 0.253. The lowest BCUT2D eigenvalue weighted by Gasteiger charge is -2.32. The molecule has 0 heterocycles. The number of esters is 1. The van der Waals surface area contributed by atoms with Gasteiger partial charge in [0.1, 0.15) is 0 Å². The third kappa shape index (κ3) is 6.09. The van der Waals surface area contributed by atoms with E-state index in [-0.39, 0.29) is 6.42 Å². The molecule has 0 aromatic heterocycles. The van der Waals surface area contributed by atoms with Gasteiger partial charge in [0.15, 0.2) is 0 Å². The first-order valence-electron chi connectivity index (χ1n) is 5.97. The summed E-state index contributed by atoms with van der Waals surface area (Å²) in [7, 11) is 1.57. The van der Waals surface area contributed by atoms with Crippen molar-refractivity contribution in [3.63, 3.8) is 0 Å². The second-order valence-electron chi connectivity index (χ2n) is 3.32. The molecule has 6 heteroatoms. The van der Waals surface area contributed by atoms with Gasteiger partial charge < -0.3 is 18.9 Å². The van der Waals surface area contributed by atoms with Crippen LogP contribution in [0, 0.1) is 0 Å². The normalized spacial score (nSPS) is 10.8. The minimum Gasteiger partial charge on any atom is -0.504 e. The number of rotatable bonds is 10. The average Bonchev–Trinajstić information content (AvgIpc) is 2.29. The van der Waals surface area contributed by atoms with Crippen LogP contribution in [0.2, 0.25) is 0 Å². The van der Waals surface area contributed by atoms with E-state index in [1.807, 2.05) is 6.92 Å². The smallest absolute Gasteiger partial charge is 0.336 e. The molecule has 0 N–H and O–H groups in total. The number of carbonyl (C=O) groups excluding carboxylic acids is 1. The molecular weight excluding hydrogens is 252 g/mol. The lowest BCUT2D eigenvalue weighted by Crippen LogP contribution is -2.43. The lowest BCUT2D eigenvalue weighted by atomic mass is 10.3. The Morgan fingerprint density at radius 1 is 1.22 bits per heavy atom. The van der Waals surface area contributed by atoms with Crippen LogP contribution in [0.5, 0.6) is 0 Å². The predicted octanol–water partition coefficient (Wildman–Crippen LogP) is 0.632. The Labute approximate surface area is 111 Å². The van der Waals surface area contributed by atoms with Crippen LogP contribution >= 0.6 is 0 Å². The molecular formula is C12H22O5Si. The van der Waals surface area contributed by atoms with Gasteiger partial charge in [0.25, 0.3) is 0 Å². The molecule has 0 unspecified atom stereocenters. The molecule has 0 aromatic carbocycles. The first-order valence-corrected chi connectivity index (χ1v) is 6.68. The molecule has 104 valence electrons. The Morgan fingerprint density at radius 3 is 2.17 bits per heavy atom. The van der Waals surface area contributed by atoms with Gasteiger partial charge in [0, 0.05) is 15.9 Å². The predicted molar refractivity (Wildman–Crippen MR) is 72.1 cm³/mol. The first-order chi connectivity index (χ1) is 8.53. The van der Waals surface area contributed by atoms with Crippen molar-refractivity contribution < 1.29 is 23.7 Å². The molecule has 0 aliphatic carbocycles. The van der Waals surface area contributed by atoms with E-state index < -0.39 is 11.9 Å². The van der Waals surface area contributed by atoms with Crippen LogP contribution in [0.4, 0.5) is 0 Å². The highest BCUT2D eigenvalue weighted by Gasteiger charge is 2.37. The molecule has 0 atom stereocenters. The summed E-state index contributed by atoms with van der Waals surface area (Å²) in [5.74, 6) is -2.02. The van der Waals surface area contributed by atoms with Gasteiger partial charge in [-0.15, -0.1) is 0 Å². The topological polar surface area (TPSA) is 54.0 Å². The van der Waals surface area contributed by atoms with E-state index >= 15 is 0 Å². The Bertz CT molecular complexity index is 284. The van der Waals surface area contributed by atoms with Crippen molar-refractivity contribution in [2.24, 2.45) is 0 Å². The Morgan fingerprint density at radius 2 is 1.78 bits per heavy atom. The maximum atomic E-state index is 11.4. The molecule has 0 rings (SSSR count). The molecule has 0 radical (unpaired) electrons. The summed E-state index contributed by atoms with van der Waals surface area (Å²) in [6.45, 7) is 10.1. The summed E-state index contributed by atoms with van der Waals surface area (Å²) in [5, 5.41) is 0.705. The van der Waals surface area contributed by atoms with E-state index in [2.05, 4.69) is 6.58 Å². The van der Waals surface area contributed by atoms with Crippen molar-refractivity contribution in [2.75, 3.05) is 19.8 Å². The summed E-state index contributed by atoms with van der Waals surface area (Å²) < 4.78 is 21.4. The molecule has 0 bridgehead atoms. The van der Waals surface area contributed by atoms with Gasteiger partial charge in [-0.1, -0.05) is 6.58 Å². The molecule has 0 amide bonds. The standard InChI is InChI=1S/C12H22O5Si/c1-5-10(13)17-12(15-7-3,16-8-4)9-11(18)14-6-2/h5H,1,6-9,18H2,2-4H3. The van der Waals surface area contributed by atoms with Gasteiger partial charge in [-0.2, -0.15) is 0 Å². The molecule has 5 nitrogen and oxygen atoms in total. The monoisotopic (exact) mass is 274 g/mol. The minimum atomic E-state index is -1.43. The van der Waals surface area contributed by atoms with Crippen molar-refractivity contribution in [3.05, 3.63) is 12.7 Å². The second kappa shape index (κ2) is 9.01. The summed E-state index contributed by atoms with van der Waals surface area (Å²) in [6.07, 6.45) is 1.31. The Hall–Kier alpha value is -0.983. The third-order valence-corrected chi connectivity index (χ3v) is 2.37. The molecule has 0 aliphatic heterocycles. The third-order valence-electron chi connectivity index (χ3n) is 1.91. The Kier molecular flexibility index (Phi) is 8.52. The van der Waals surface area contributed by atoms with Crippen LogP contribution in [-0.2, 0) is 23.7 Å². The van der Waals surface area contributed by atoms with E-state index in [4.69, 9.17) is 18.9 Å². The minimum absolute atomic E-state index is 0.237. The zero-order chi connectivity index (χ0) is 14.0. The van der Waals surface area contributed by atoms with Crippen LogP contribution in [0.25, 0.3) is 0 Å². The molecule has 0 fully saturated rings. The molecule has 0 spiro atoms. The van der Waals surface area contributed by atoms with E-state index in [1.54, 1.807) is 23.7 Å². The van der Waals surface area contributed by atoms with Gasteiger partial charge in [0.2, 0.25) is 0 Å². The van der Waals surface area contributed by atoms with Gasteiger partial charge in [-0.3, -0.25) is 0 Å². The van der Waals surface area contributed by atoms with Crippen LogP contribution in [0.15, 0.2) is 12.7 Å². The highest BCUT2D eigenvalue weighted by atomic mass is 28.1. The zero-order valence-electron chi connectivity index (χ0n) is 11.4. The summed E-state index contributed by atoms with van der Waals surface area (Å²) in [5.41, 5.74) is 0. The lowest BCUT2D eigenvalue weighted by molar-refractivity contribution is -0.355. The number of carbonyl (C=O) groups is 1. The fraction of sp³-hybridized carbons (Fsp3) is 0.667. The highest BCUT2D eigenvalue weighted by Crippen LogP contribution is 2.21. The van der Waals surface area contributed by atoms with E-state index in [1.165, 1.54) is 0 Å². The molecule has 18 heavy (non-hydrogen) atoms. The van der Waals surface area contributed by atoms with Crippen molar-refractivity contribution in [2.45, 2.75) is 33.2 Å². The second-order valence-corrected chi connectivity index (χ2v) is 4.11. The van der Waals surface area contributed by atoms with Crippen LogP contribution < -0.4 is 0 Å². The van der Waals surface area contributed by atoms with Gasteiger partial charge in [-0.05, 0) is 20.8 Å². The summed E-state index contributed by atoms with van der Waals surface area (Å²) in [6, 6.07) is 0. The van der Waals surface area contributed by atoms with E-state index in [9.17, 15) is 4.79 Å². The van der Waals surface area contributed by atoms with Crippen LogP contribution in [-0.4, -0.2) is 47.0 Å². The first kappa shape index (κ1) is 17.0. The molecule has 0 saturated heterocycles. The highest BCUT2D eigenvalue weighted by molar-refractivity contribution is 6.34. The molecule has 0 saturated carbocycles. The Balaban J connectivity index is 4.87.